The highest BCUT2D eigenvalue weighted by Crippen LogP contribution is 2.12. The molecule has 1 aromatic carbocycles. The van der Waals surface area contributed by atoms with Crippen LogP contribution in [0.4, 0.5) is 0 Å². The van der Waals surface area contributed by atoms with Crippen LogP contribution >= 0.6 is 0 Å². The van der Waals surface area contributed by atoms with E-state index in [-0.39, 0.29) is 0 Å². The van der Waals surface area contributed by atoms with E-state index in [1.165, 1.54) is 11.1 Å². The Bertz CT molecular complexity index is 506. The highest BCUT2D eigenvalue weighted by molar-refractivity contribution is 5.26. The normalized spacial score (nSPS) is 11.2. The molecule has 0 aliphatic carbocycles. The van der Waals surface area contributed by atoms with Gasteiger partial charge >= 0.3 is 0 Å². The molecule has 1 aromatic heterocycles. The van der Waals surface area contributed by atoms with Crippen molar-refractivity contribution in [1.82, 2.24) is 5.32 Å². The molecule has 0 saturated carbocycles. The lowest BCUT2D eigenvalue weighted by atomic mass is 10.1. The number of hydrogen-bond donors (Lipinski definition) is 1. The molecule has 0 fully saturated rings. The Balaban J connectivity index is 1.79. The van der Waals surface area contributed by atoms with Crippen molar-refractivity contribution in [3.63, 3.8) is 0 Å². The van der Waals surface area contributed by atoms with Crippen LogP contribution in [0.5, 0.6) is 0 Å². The molecule has 2 aromatic rings. The SMILES string of the molecule is CC(C)CNCCc1ccccc1COCc1ccco1. The minimum absolute atomic E-state index is 0.521. The van der Waals surface area contributed by atoms with E-state index in [0.29, 0.717) is 19.1 Å². The molecule has 0 atom stereocenters. The fourth-order valence-electron chi connectivity index (χ4n) is 2.21. The summed E-state index contributed by atoms with van der Waals surface area (Å²) in [6.45, 7) is 7.67. The third-order valence-corrected chi connectivity index (χ3v) is 3.32. The van der Waals surface area contributed by atoms with E-state index in [1.807, 2.05) is 12.1 Å². The second-order valence-electron chi connectivity index (χ2n) is 5.69. The van der Waals surface area contributed by atoms with Crippen molar-refractivity contribution in [2.75, 3.05) is 13.1 Å². The van der Waals surface area contributed by atoms with Crippen LogP contribution in [0.1, 0.15) is 30.7 Å². The van der Waals surface area contributed by atoms with Crippen LogP contribution in [0, 0.1) is 5.92 Å². The maximum atomic E-state index is 5.74. The summed E-state index contributed by atoms with van der Waals surface area (Å²) in [6.07, 6.45) is 2.71. The van der Waals surface area contributed by atoms with Gasteiger partial charge in [0.05, 0.1) is 12.9 Å². The lowest BCUT2D eigenvalue weighted by Crippen LogP contribution is -2.22. The Morgan fingerprint density at radius 2 is 1.86 bits per heavy atom. The van der Waals surface area contributed by atoms with Gasteiger partial charge in [0.2, 0.25) is 0 Å². The second-order valence-corrected chi connectivity index (χ2v) is 5.69. The first-order chi connectivity index (χ1) is 10.3. The molecular weight excluding hydrogens is 262 g/mol. The molecule has 1 N–H and O–H groups in total. The Labute approximate surface area is 127 Å². The molecule has 114 valence electrons. The zero-order chi connectivity index (χ0) is 14.9. The van der Waals surface area contributed by atoms with E-state index in [4.69, 9.17) is 9.15 Å². The van der Waals surface area contributed by atoms with Crippen molar-refractivity contribution >= 4 is 0 Å². The van der Waals surface area contributed by atoms with Gasteiger partial charge in [0.1, 0.15) is 12.4 Å². The first-order valence-electron chi connectivity index (χ1n) is 7.63. The molecule has 2 rings (SSSR count). The molecule has 0 bridgehead atoms. The van der Waals surface area contributed by atoms with E-state index in [1.54, 1.807) is 6.26 Å². The fourth-order valence-corrected chi connectivity index (χ4v) is 2.21. The van der Waals surface area contributed by atoms with Crippen LogP contribution in [-0.4, -0.2) is 13.1 Å². The standard InChI is InChI=1S/C18H25NO2/c1-15(2)12-19-10-9-16-6-3-4-7-17(16)13-20-14-18-8-5-11-21-18/h3-8,11,15,19H,9-10,12-14H2,1-2H3. The zero-order valence-electron chi connectivity index (χ0n) is 13.0. The van der Waals surface area contributed by atoms with Crippen LogP contribution in [0.15, 0.2) is 47.1 Å². The number of rotatable bonds is 9. The van der Waals surface area contributed by atoms with Crippen molar-refractivity contribution in [3.8, 4) is 0 Å². The highest BCUT2D eigenvalue weighted by atomic mass is 16.5. The summed E-state index contributed by atoms with van der Waals surface area (Å²) in [5, 5.41) is 3.48. The number of ether oxygens (including phenoxy) is 1. The molecule has 0 amide bonds. The minimum atomic E-state index is 0.521. The number of nitrogens with one attached hydrogen (secondary N) is 1. The monoisotopic (exact) mass is 287 g/mol. The second kappa shape index (κ2) is 8.65. The molecule has 3 heteroatoms. The number of benzene rings is 1. The van der Waals surface area contributed by atoms with E-state index in [9.17, 15) is 0 Å². The van der Waals surface area contributed by atoms with Gasteiger partial charge in [-0.15, -0.1) is 0 Å². The average molecular weight is 287 g/mol. The Hall–Kier alpha value is -1.58. The molecule has 0 unspecified atom stereocenters. The summed E-state index contributed by atoms with van der Waals surface area (Å²) in [4.78, 5) is 0. The molecule has 0 saturated heterocycles. The molecule has 0 spiro atoms. The molecular formula is C18H25NO2. The number of hydrogen-bond acceptors (Lipinski definition) is 3. The lowest BCUT2D eigenvalue weighted by molar-refractivity contribution is 0.0924. The van der Waals surface area contributed by atoms with Gasteiger partial charge in [0.15, 0.2) is 0 Å². The van der Waals surface area contributed by atoms with Gasteiger partial charge < -0.3 is 14.5 Å². The summed E-state index contributed by atoms with van der Waals surface area (Å²) < 4.78 is 11.0. The molecule has 1 heterocycles. The number of furan rings is 1. The summed E-state index contributed by atoms with van der Waals surface area (Å²) in [7, 11) is 0. The molecule has 21 heavy (non-hydrogen) atoms. The minimum Gasteiger partial charge on any atom is -0.467 e. The molecule has 3 nitrogen and oxygen atoms in total. The van der Waals surface area contributed by atoms with Crippen LogP contribution in [0.3, 0.4) is 0 Å². The summed E-state index contributed by atoms with van der Waals surface area (Å²) in [5.41, 5.74) is 2.61. The topological polar surface area (TPSA) is 34.4 Å². The third kappa shape index (κ3) is 5.74. The molecule has 0 aliphatic rings. The van der Waals surface area contributed by atoms with Gasteiger partial charge in [-0.3, -0.25) is 0 Å². The quantitative estimate of drug-likeness (QED) is 0.713. The van der Waals surface area contributed by atoms with Crippen LogP contribution in [0.2, 0.25) is 0 Å². The Morgan fingerprint density at radius 1 is 1.05 bits per heavy atom. The smallest absolute Gasteiger partial charge is 0.129 e. The van der Waals surface area contributed by atoms with Gasteiger partial charge in [0, 0.05) is 0 Å². The predicted molar refractivity (Wildman–Crippen MR) is 85.1 cm³/mol. The molecule has 0 aliphatic heterocycles. The first-order valence-corrected chi connectivity index (χ1v) is 7.63. The van der Waals surface area contributed by atoms with Crippen molar-refractivity contribution < 1.29 is 9.15 Å². The maximum absolute atomic E-state index is 5.74. The van der Waals surface area contributed by atoms with Crippen molar-refractivity contribution in [1.29, 1.82) is 0 Å². The van der Waals surface area contributed by atoms with Crippen molar-refractivity contribution in [2.24, 2.45) is 5.92 Å². The van der Waals surface area contributed by atoms with Gasteiger partial charge in [-0.1, -0.05) is 38.1 Å². The van der Waals surface area contributed by atoms with Gasteiger partial charge in [0.25, 0.3) is 0 Å². The summed E-state index contributed by atoms with van der Waals surface area (Å²) >= 11 is 0. The zero-order valence-corrected chi connectivity index (χ0v) is 13.0. The lowest BCUT2D eigenvalue weighted by Gasteiger charge is -2.11. The van der Waals surface area contributed by atoms with Gasteiger partial charge in [-0.2, -0.15) is 0 Å². The highest BCUT2D eigenvalue weighted by Gasteiger charge is 2.03. The van der Waals surface area contributed by atoms with Crippen molar-refractivity contribution in [2.45, 2.75) is 33.5 Å². The first kappa shape index (κ1) is 15.8. The summed E-state index contributed by atoms with van der Waals surface area (Å²) in [6, 6.07) is 12.3. The average Bonchev–Trinajstić information content (AvgIpc) is 2.98. The van der Waals surface area contributed by atoms with Crippen molar-refractivity contribution in [3.05, 3.63) is 59.5 Å². The van der Waals surface area contributed by atoms with Crippen LogP contribution < -0.4 is 5.32 Å². The maximum Gasteiger partial charge on any atom is 0.129 e. The molecule has 0 radical (unpaired) electrons. The van der Waals surface area contributed by atoms with E-state index in [0.717, 1.165) is 25.3 Å². The van der Waals surface area contributed by atoms with E-state index >= 15 is 0 Å². The predicted octanol–water partition coefficient (Wildman–Crippen LogP) is 3.78. The largest absolute Gasteiger partial charge is 0.467 e. The Morgan fingerprint density at radius 3 is 2.57 bits per heavy atom. The van der Waals surface area contributed by atoms with Crippen LogP contribution in [0.25, 0.3) is 0 Å². The third-order valence-electron chi connectivity index (χ3n) is 3.32. The van der Waals surface area contributed by atoms with E-state index < -0.39 is 0 Å². The summed E-state index contributed by atoms with van der Waals surface area (Å²) in [5.74, 6) is 1.56. The fraction of sp³-hybridized carbons (Fsp3) is 0.444. The van der Waals surface area contributed by atoms with E-state index in [2.05, 4.69) is 43.4 Å². The van der Waals surface area contributed by atoms with Gasteiger partial charge in [-0.25, -0.2) is 0 Å². The van der Waals surface area contributed by atoms with Gasteiger partial charge in [-0.05, 0) is 48.7 Å². The van der Waals surface area contributed by atoms with Crippen LogP contribution in [-0.2, 0) is 24.4 Å². The Kier molecular flexibility index (Phi) is 6.51.